The molecule has 0 aliphatic heterocycles. The fraction of sp³-hybridized carbons (Fsp3) is 0.333. The average molecular weight is 317 g/mol. The first-order valence-electron chi connectivity index (χ1n) is 7.64. The Morgan fingerprint density at radius 3 is 2.45 bits per heavy atom. The third-order valence-corrected chi connectivity index (χ3v) is 5.07. The summed E-state index contributed by atoms with van der Waals surface area (Å²) in [6, 6.07) is 14.7. The maximum absolute atomic E-state index is 12.7. The molecule has 0 aromatic heterocycles. The van der Waals surface area contributed by atoms with E-state index in [4.69, 9.17) is 0 Å². The summed E-state index contributed by atoms with van der Waals surface area (Å²) < 4.78 is 28.0. The number of sulfonamides is 1. The number of hydrogen-bond donors (Lipinski definition) is 1. The fourth-order valence-corrected chi connectivity index (χ4v) is 3.73. The van der Waals surface area contributed by atoms with Gasteiger partial charge in [0.25, 0.3) is 10.0 Å². The predicted octanol–water partition coefficient (Wildman–Crippen LogP) is 4.56. The number of rotatable bonds is 6. The maximum atomic E-state index is 12.7. The molecule has 4 heteroatoms. The first-order chi connectivity index (χ1) is 10.4. The van der Waals surface area contributed by atoms with Crippen LogP contribution in [-0.4, -0.2) is 8.42 Å². The van der Waals surface area contributed by atoms with Crippen LogP contribution in [0.15, 0.2) is 53.4 Å². The van der Waals surface area contributed by atoms with E-state index in [-0.39, 0.29) is 0 Å². The van der Waals surface area contributed by atoms with Crippen LogP contribution in [0.5, 0.6) is 0 Å². The molecule has 118 valence electrons. The molecule has 2 aromatic rings. The van der Waals surface area contributed by atoms with Crippen molar-refractivity contribution in [2.75, 3.05) is 4.72 Å². The van der Waals surface area contributed by atoms with Gasteiger partial charge in [-0.05, 0) is 41.7 Å². The van der Waals surface area contributed by atoms with E-state index in [2.05, 4.69) is 18.6 Å². The van der Waals surface area contributed by atoms with Crippen LogP contribution >= 0.6 is 0 Å². The van der Waals surface area contributed by atoms with E-state index in [0.29, 0.717) is 16.5 Å². The topological polar surface area (TPSA) is 46.2 Å². The molecule has 0 atom stereocenters. The normalized spacial score (nSPS) is 11.6. The van der Waals surface area contributed by atoms with Crippen molar-refractivity contribution in [1.82, 2.24) is 0 Å². The summed E-state index contributed by atoms with van der Waals surface area (Å²) >= 11 is 0. The number of benzene rings is 2. The summed E-state index contributed by atoms with van der Waals surface area (Å²) in [4.78, 5) is 0.367. The Morgan fingerprint density at radius 1 is 1.05 bits per heavy atom. The van der Waals surface area contributed by atoms with Crippen LogP contribution in [0.4, 0.5) is 5.69 Å². The third kappa shape index (κ3) is 3.89. The minimum absolute atomic E-state index is 0.358. The number of nitrogens with one attached hydrogen (secondary N) is 1. The molecule has 2 rings (SSSR count). The lowest BCUT2D eigenvalue weighted by atomic mass is 10.0. The molecule has 22 heavy (non-hydrogen) atoms. The molecule has 0 radical (unpaired) electrons. The average Bonchev–Trinajstić information content (AvgIpc) is 2.48. The molecule has 0 fully saturated rings. The summed E-state index contributed by atoms with van der Waals surface area (Å²) in [6.45, 7) is 6.22. The highest BCUT2D eigenvalue weighted by Crippen LogP contribution is 2.23. The van der Waals surface area contributed by atoms with Crippen LogP contribution < -0.4 is 4.72 Å². The fourth-order valence-electron chi connectivity index (χ4n) is 2.41. The van der Waals surface area contributed by atoms with Crippen LogP contribution in [0, 0.1) is 0 Å². The van der Waals surface area contributed by atoms with Crippen molar-refractivity contribution >= 4 is 15.7 Å². The number of hydrogen-bond acceptors (Lipinski definition) is 2. The molecule has 0 amide bonds. The zero-order valence-corrected chi connectivity index (χ0v) is 14.2. The van der Waals surface area contributed by atoms with E-state index in [9.17, 15) is 8.42 Å². The van der Waals surface area contributed by atoms with Crippen LogP contribution in [0.3, 0.4) is 0 Å². The van der Waals surface area contributed by atoms with Crippen LogP contribution in [0.25, 0.3) is 0 Å². The Hall–Kier alpha value is -1.81. The largest absolute Gasteiger partial charge is 0.280 e. The first kappa shape index (κ1) is 16.6. The monoisotopic (exact) mass is 317 g/mol. The Morgan fingerprint density at radius 2 is 1.77 bits per heavy atom. The minimum atomic E-state index is -3.56. The molecule has 1 N–H and O–H groups in total. The minimum Gasteiger partial charge on any atom is -0.280 e. The second-order valence-corrected chi connectivity index (χ2v) is 7.39. The first-order valence-corrected chi connectivity index (χ1v) is 9.13. The molecule has 0 spiro atoms. The van der Waals surface area contributed by atoms with E-state index < -0.39 is 10.0 Å². The van der Waals surface area contributed by atoms with E-state index in [0.717, 1.165) is 24.0 Å². The molecule has 0 unspecified atom stereocenters. The Labute approximate surface area is 133 Å². The molecule has 0 saturated heterocycles. The molecule has 2 aromatic carbocycles. The van der Waals surface area contributed by atoms with Crippen molar-refractivity contribution in [2.24, 2.45) is 0 Å². The summed E-state index contributed by atoms with van der Waals surface area (Å²) in [5.74, 6) is 0.358. The lowest BCUT2D eigenvalue weighted by Gasteiger charge is -2.13. The lowest BCUT2D eigenvalue weighted by molar-refractivity contribution is 0.600. The van der Waals surface area contributed by atoms with E-state index in [1.54, 1.807) is 18.2 Å². The van der Waals surface area contributed by atoms with Gasteiger partial charge in [-0.15, -0.1) is 0 Å². The number of anilines is 1. The zero-order chi connectivity index (χ0) is 16.2. The van der Waals surface area contributed by atoms with Gasteiger partial charge in [0.2, 0.25) is 0 Å². The van der Waals surface area contributed by atoms with Crippen molar-refractivity contribution in [1.29, 1.82) is 0 Å². The van der Waals surface area contributed by atoms with Gasteiger partial charge in [0.05, 0.1) is 4.90 Å². The standard InChI is InChI=1S/C18H23NO2S/c1-4-8-15-9-5-6-12-18(15)22(20,21)19-17-11-7-10-16(13-17)14(2)3/h5-7,9-14,19H,4,8H2,1-3H3. The quantitative estimate of drug-likeness (QED) is 0.848. The van der Waals surface area contributed by atoms with Crippen LogP contribution in [0.2, 0.25) is 0 Å². The van der Waals surface area contributed by atoms with Crippen molar-refractivity contribution in [2.45, 2.75) is 44.4 Å². The maximum Gasteiger partial charge on any atom is 0.262 e. The van der Waals surface area contributed by atoms with Crippen molar-refractivity contribution in [3.63, 3.8) is 0 Å². The molecule has 0 saturated carbocycles. The predicted molar refractivity (Wildman–Crippen MR) is 91.8 cm³/mol. The molecule has 0 bridgehead atoms. The van der Waals surface area contributed by atoms with Gasteiger partial charge in [0.1, 0.15) is 0 Å². The summed E-state index contributed by atoms with van der Waals surface area (Å²) in [5, 5.41) is 0. The molecule has 0 aliphatic carbocycles. The van der Waals surface area contributed by atoms with Crippen LogP contribution in [0.1, 0.15) is 44.2 Å². The van der Waals surface area contributed by atoms with Gasteiger partial charge in [-0.1, -0.05) is 57.5 Å². The molecular formula is C18H23NO2S. The van der Waals surface area contributed by atoms with Gasteiger partial charge in [-0.2, -0.15) is 0 Å². The highest BCUT2D eigenvalue weighted by atomic mass is 32.2. The zero-order valence-electron chi connectivity index (χ0n) is 13.3. The highest BCUT2D eigenvalue weighted by Gasteiger charge is 2.18. The summed E-state index contributed by atoms with van der Waals surface area (Å²) in [6.07, 6.45) is 1.67. The van der Waals surface area contributed by atoms with Crippen molar-refractivity contribution in [3.05, 3.63) is 59.7 Å². The Kier molecular flexibility index (Phi) is 5.24. The lowest BCUT2D eigenvalue weighted by Crippen LogP contribution is -2.15. The van der Waals surface area contributed by atoms with E-state index in [1.807, 2.05) is 37.3 Å². The van der Waals surface area contributed by atoms with Crippen molar-refractivity contribution in [3.8, 4) is 0 Å². The second-order valence-electron chi connectivity index (χ2n) is 5.74. The Balaban J connectivity index is 2.34. The van der Waals surface area contributed by atoms with E-state index >= 15 is 0 Å². The van der Waals surface area contributed by atoms with Crippen LogP contribution in [-0.2, 0) is 16.4 Å². The molecule has 3 nitrogen and oxygen atoms in total. The van der Waals surface area contributed by atoms with Gasteiger partial charge in [-0.3, -0.25) is 4.72 Å². The van der Waals surface area contributed by atoms with E-state index in [1.165, 1.54) is 0 Å². The molecular weight excluding hydrogens is 294 g/mol. The number of aryl methyl sites for hydroxylation is 1. The smallest absolute Gasteiger partial charge is 0.262 e. The highest BCUT2D eigenvalue weighted by molar-refractivity contribution is 7.92. The molecule has 0 aliphatic rings. The Bertz CT molecular complexity index is 736. The van der Waals surface area contributed by atoms with Crippen molar-refractivity contribution < 1.29 is 8.42 Å². The SMILES string of the molecule is CCCc1ccccc1S(=O)(=O)Nc1cccc(C(C)C)c1. The summed E-state index contributed by atoms with van der Waals surface area (Å²) in [7, 11) is -3.56. The molecule has 0 heterocycles. The van der Waals surface area contributed by atoms with Gasteiger partial charge >= 0.3 is 0 Å². The van der Waals surface area contributed by atoms with Gasteiger partial charge in [0.15, 0.2) is 0 Å². The van der Waals surface area contributed by atoms with Gasteiger partial charge in [0, 0.05) is 5.69 Å². The van der Waals surface area contributed by atoms with Gasteiger partial charge < -0.3 is 0 Å². The third-order valence-electron chi connectivity index (χ3n) is 3.59. The second kappa shape index (κ2) is 6.97. The summed E-state index contributed by atoms with van der Waals surface area (Å²) in [5.41, 5.74) is 2.58. The van der Waals surface area contributed by atoms with Gasteiger partial charge in [-0.25, -0.2) is 8.42 Å².